The third-order valence-electron chi connectivity index (χ3n) is 1.74. The van der Waals surface area contributed by atoms with Crippen LogP contribution in [0.15, 0.2) is 35.3 Å². The third kappa shape index (κ3) is 1.92. The van der Waals surface area contributed by atoms with Crippen LogP contribution in [-0.2, 0) is 12.4 Å². The van der Waals surface area contributed by atoms with Crippen LogP contribution in [0.5, 0.6) is 0 Å². The summed E-state index contributed by atoms with van der Waals surface area (Å²) < 4.78 is 7.14. The topological polar surface area (TPSA) is 31.0 Å². The first-order valence-corrected chi connectivity index (χ1v) is 4.51. The molecule has 0 N–H and O–H groups in total. The maximum atomic E-state index is 5.62. The van der Waals surface area contributed by atoms with Gasteiger partial charge in [0.25, 0.3) is 0 Å². The Morgan fingerprint density at radius 2 is 2.46 bits per heavy atom. The summed E-state index contributed by atoms with van der Waals surface area (Å²) in [4.78, 5) is 4.10. The Labute approximate surface area is 81.0 Å². The number of alkyl halides is 1. The number of rotatable bonds is 3. The molecule has 2 heterocycles. The van der Waals surface area contributed by atoms with E-state index in [2.05, 4.69) is 4.98 Å². The first kappa shape index (κ1) is 8.38. The summed E-state index contributed by atoms with van der Waals surface area (Å²) in [7, 11) is 0. The smallest absolute Gasteiger partial charge is 0.123 e. The molecule has 0 unspecified atom stereocenters. The molecule has 13 heavy (non-hydrogen) atoms. The summed E-state index contributed by atoms with van der Waals surface area (Å²) in [5, 5.41) is 0. The molecule has 0 saturated carbocycles. The molecule has 0 spiro atoms. The molecule has 68 valence electrons. The van der Waals surface area contributed by atoms with E-state index in [0.29, 0.717) is 12.4 Å². The van der Waals surface area contributed by atoms with Crippen LogP contribution in [0.1, 0.15) is 11.5 Å². The van der Waals surface area contributed by atoms with Crippen LogP contribution in [-0.4, -0.2) is 9.55 Å². The van der Waals surface area contributed by atoms with Crippen molar-refractivity contribution in [1.82, 2.24) is 9.55 Å². The second-order valence-electron chi connectivity index (χ2n) is 2.75. The van der Waals surface area contributed by atoms with Crippen molar-refractivity contribution in [2.45, 2.75) is 12.4 Å². The molecule has 0 aromatic carbocycles. The molecular weight excluding hydrogens is 188 g/mol. The lowest BCUT2D eigenvalue weighted by atomic mass is 10.4. The van der Waals surface area contributed by atoms with Crippen LogP contribution >= 0.6 is 11.6 Å². The lowest BCUT2D eigenvalue weighted by Gasteiger charge is -1.96. The van der Waals surface area contributed by atoms with Gasteiger partial charge in [0.2, 0.25) is 0 Å². The molecule has 0 aliphatic heterocycles. The Morgan fingerprint density at radius 1 is 1.54 bits per heavy atom. The predicted molar refractivity (Wildman–Crippen MR) is 49.6 cm³/mol. The summed E-state index contributed by atoms with van der Waals surface area (Å²) >= 11 is 5.62. The van der Waals surface area contributed by atoms with Gasteiger partial charge in [0.05, 0.1) is 30.7 Å². The second kappa shape index (κ2) is 3.66. The fourth-order valence-electron chi connectivity index (χ4n) is 1.14. The molecule has 2 aromatic heterocycles. The van der Waals surface area contributed by atoms with Gasteiger partial charge < -0.3 is 8.98 Å². The zero-order chi connectivity index (χ0) is 9.10. The molecule has 4 heteroatoms. The van der Waals surface area contributed by atoms with Crippen molar-refractivity contribution in [3.63, 3.8) is 0 Å². The molecule has 0 bridgehead atoms. The Hall–Kier alpha value is -1.22. The van der Waals surface area contributed by atoms with Gasteiger partial charge in [0, 0.05) is 6.20 Å². The number of hydrogen-bond donors (Lipinski definition) is 0. The molecular formula is C9H9ClN2O. The van der Waals surface area contributed by atoms with Gasteiger partial charge in [-0.3, -0.25) is 0 Å². The summed E-state index contributed by atoms with van der Waals surface area (Å²) in [6.07, 6.45) is 5.32. The van der Waals surface area contributed by atoms with E-state index in [-0.39, 0.29) is 0 Å². The highest BCUT2D eigenvalue weighted by Crippen LogP contribution is 2.05. The molecule has 2 rings (SSSR count). The average molecular weight is 197 g/mol. The van der Waals surface area contributed by atoms with Crippen molar-refractivity contribution in [3.05, 3.63) is 42.4 Å². The summed E-state index contributed by atoms with van der Waals surface area (Å²) in [6, 6.07) is 3.80. The van der Waals surface area contributed by atoms with Crippen molar-refractivity contribution in [3.8, 4) is 0 Å². The summed E-state index contributed by atoms with van der Waals surface area (Å²) in [6.45, 7) is 0.705. The molecule has 0 aliphatic carbocycles. The van der Waals surface area contributed by atoms with E-state index >= 15 is 0 Å². The van der Waals surface area contributed by atoms with E-state index in [9.17, 15) is 0 Å². The zero-order valence-electron chi connectivity index (χ0n) is 6.98. The van der Waals surface area contributed by atoms with Crippen molar-refractivity contribution in [2.24, 2.45) is 0 Å². The van der Waals surface area contributed by atoms with Crippen molar-refractivity contribution in [2.75, 3.05) is 0 Å². The third-order valence-corrected chi connectivity index (χ3v) is 2.02. The number of hydrogen-bond acceptors (Lipinski definition) is 2. The average Bonchev–Trinajstić information content (AvgIpc) is 2.76. The molecule has 0 amide bonds. The van der Waals surface area contributed by atoms with Gasteiger partial charge in [-0.1, -0.05) is 0 Å². The largest absolute Gasteiger partial charge is 0.467 e. The van der Waals surface area contributed by atoms with E-state index in [1.165, 1.54) is 0 Å². The Kier molecular flexibility index (Phi) is 2.36. The summed E-state index contributed by atoms with van der Waals surface area (Å²) in [5.74, 6) is 1.36. The van der Waals surface area contributed by atoms with Gasteiger partial charge >= 0.3 is 0 Å². The first-order valence-electron chi connectivity index (χ1n) is 3.97. The minimum Gasteiger partial charge on any atom is -0.467 e. The summed E-state index contributed by atoms with van der Waals surface area (Å²) in [5.41, 5.74) is 0.883. The van der Waals surface area contributed by atoms with Crippen molar-refractivity contribution in [1.29, 1.82) is 0 Å². The first-order chi connectivity index (χ1) is 6.38. The standard InChI is InChI=1S/C9H9ClN2O/c10-4-8-5-12(7-11-8)6-9-2-1-3-13-9/h1-3,5,7H,4,6H2. The van der Waals surface area contributed by atoms with Gasteiger partial charge in [-0.25, -0.2) is 4.98 Å². The highest BCUT2D eigenvalue weighted by molar-refractivity contribution is 6.16. The fourth-order valence-corrected chi connectivity index (χ4v) is 1.28. The Bertz CT molecular complexity index is 367. The molecule has 0 atom stereocenters. The molecule has 3 nitrogen and oxygen atoms in total. The predicted octanol–water partition coefficient (Wildman–Crippen LogP) is 2.26. The number of halogens is 1. The van der Waals surface area contributed by atoms with Crippen molar-refractivity contribution >= 4 is 11.6 Å². The number of nitrogens with zero attached hydrogens (tertiary/aromatic N) is 2. The van der Waals surface area contributed by atoms with Gasteiger partial charge in [-0.15, -0.1) is 11.6 Å². The van der Waals surface area contributed by atoms with Crippen LogP contribution < -0.4 is 0 Å². The van der Waals surface area contributed by atoms with Crippen LogP contribution in [0, 0.1) is 0 Å². The maximum absolute atomic E-state index is 5.62. The Morgan fingerprint density at radius 3 is 3.08 bits per heavy atom. The number of aromatic nitrogens is 2. The molecule has 0 radical (unpaired) electrons. The van der Waals surface area contributed by atoms with E-state index in [1.807, 2.05) is 22.9 Å². The monoisotopic (exact) mass is 196 g/mol. The highest BCUT2D eigenvalue weighted by Gasteiger charge is 1.99. The van der Waals surface area contributed by atoms with Gasteiger partial charge in [0.15, 0.2) is 0 Å². The number of furan rings is 1. The molecule has 0 saturated heterocycles. The molecule has 2 aromatic rings. The minimum absolute atomic E-state index is 0.450. The van der Waals surface area contributed by atoms with Gasteiger partial charge in [-0.2, -0.15) is 0 Å². The van der Waals surface area contributed by atoms with E-state index < -0.39 is 0 Å². The van der Waals surface area contributed by atoms with Crippen LogP contribution in [0.4, 0.5) is 0 Å². The molecule has 0 aliphatic rings. The number of imidazole rings is 1. The van der Waals surface area contributed by atoms with E-state index in [1.54, 1.807) is 12.6 Å². The minimum atomic E-state index is 0.450. The van der Waals surface area contributed by atoms with E-state index in [0.717, 1.165) is 11.5 Å². The van der Waals surface area contributed by atoms with Crippen molar-refractivity contribution < 1.29 is 4.42 Å². The highest BCUT2D eigenvalue weighted by atomic mass is 35.5. The van der Waals surface area contributed by atoms with Crippen LogP contribution in [0.3, 0.4) is 0 Å². The SMILES string of the molecule is ClCc1cn(Cc2ccco2)cn1. The van der Waals surface area contributed by atoms with Gasteiger partial charge in [0.1, 0.15) is 5.76 Å². The zero-order valence-corrected chi connectivity index (χ0v) is 7.74. The van der Waals surface area contributed by atoms with Crippen LogP contribution in [0.2, 0.25) is 0 Å². The van der Waals surface area contributed by atoms with Gasteiger partial charge in [-0.05, 0) is 12.1 Å². The Balaban J connectivity index is 2.10. The van der Waals surface area contributed by atoms with E-state index in [4.69, 9.17) is 16.0 Å². The molecule has 0 fully saturated rings. The quantitative estimate of drug-likeness (QED) is 0.706. The maximum Gasteiger partial charge on any atom is 0.123 e. The lowest BCUT2D eigenvalue weighted by Crippen LogP contribution is -1.93. The fraction of sp³-hybridized carbons (Fsp3) is 0.222. The second-order valence-corrected chi connectivity index (χ2v) is 3.02. The van der Waals surface area contributed by atoms with Crippen LogP contribution in [0.25, 0.3) is 0 Å². The normalized spacial score (nSPS) is 10.5. The lowest BCUT2D eigenvalue weighted by molar-refractivity contribution is 0.493.